The molecule has 3 heteroatoms. The Morgan fingerprint density at radius 3 is 2.90 bits per heavy atom. The van der Waals surface area contributed by atoms with Crippen LogP contribution in [0.3, 0.4) is 0 Å². The SMILES string of the molecule is S=c1[nH]oc2ccccc12. The van der Waals surface area contributed by atoms with Gasteiger partial charge in [0.1, 0.15) is 4.64 Å². The van der Waals surface area contributed by atoms with Crippen LogP contribution in [0.4, 0.5) is 0 Å². The van der Waals surface area contributed by atoms with E-state index in [1.165, 1.54) is 0 Å². The zero-order chi connectivity index (χ0) is 6.97. The zero-order valence-electron chi connectivity index (χ0n) is 5.13. The molecule has 10 heavy (non-hydrogen) atoms. The minimum absolute atomic E-state index is 0.663. The molecule has 1 aromatic carbocycles. The third-order valence-corrected chi connectivity index (χ3v) is 1.69. The highest BCUT2D eigenvalue weighted by Gasteiger charge is 1.95. The summed E-state index contributed by atoms with van der Waals surface area (Å²) in [4.78, 5) is 0. The molecule has 2 aromatic rings. The van der Waals surface area contributed by atoms with Crippen LogP contribution in [-0.4, -0.2) is 5.16 Å². The molecule has 2 nitrogen and oxygen atoms in total. The fourth-order valence-electron chi connectivity index (χ4n) is 0.900. The molecule has 0 aliphatic rings. The molecule has 50 valence electrons. The van der Waals surface area contributed by atoms with Crippen LogP contribution in [0.25, 0.3) is 11.0 Å². The van der Waals surface area contributed by atoms with Gasteiger partial charge in [-0.05, 0) is 12.1 Å². The van der Waals surface area contributed by atoms with Gasteiger partial charge in [-0.3, -0.25) is 0 Å². The molecule has 0 bridgehead atoms. The Bertz CT molecular complexity index is 401. The van der Waals surface area contributed by atoms with Crippen LogP contribution in [0.5, 0.6) is 0 Å². The molecule has 0 aliphatic heterocycles. The van der Waals surface area contributed by atoms with Gasteiger partial charge in [0.15, 0.2) is 5.58 Å². The second kappa shape index (κ2) is 1.95. The van der Waals surface area contributed by atoms with Crippen LogP contribution in [0.15, 0.2) is 28.8 Å². The first-order valence-corrected chi connectivity index (χ1v) is 3.35. The van der Waals surface area contributed by atoms with Crippen molar-refractivity contribution in [3.8, 4) is 0 Å². The summed E-state index contributed by atoms with van der Waals surface area (Å²) in [5.41, 5.74) is 0.813. The number of hydrogen-bond acceptors (Lipinski definition) is 2. The molecule has 0 fully saturated rings. The number of rotatable bonds is 0. The lowest BCUT2D eigenvalue weighted by Crippen LogP contribution is -1.60. The Kier molecular flexibility index (Phi) is 1.11. The summed E-state index contributed by atoms with van der Waals surface area (Å²) in [6.45, 7) is 0. The fraction of sp³-hybridized carbons (Fsp3) is 0. The standard InChI is InChI=1S/C7H5NOS/c10-7-5-3-1-2-4-6(5)9-8-7/h1-4H,(H,8,10). The summed E-state index contributed by atoms with van der Waals surface area (Å²) in [6, 6.07) is 7.65. The number of H-pyrrole nitrogens is 1. The van der Waals surface area contributed by atoms with Gasteiger partial charge < -0.3 is 4.52 Å². The number of para-hydroxylation sites is 1. The average Bonchev–Trinajstić information content (AvgIpc) is 2.34. The monoisotopic (exact) mass is 151 g/mol. The normalized spacial score (nSPS) is 10.4. The van der Waals surface area contributed by atoms with Crippen molar-refractivity contribution in [3.63, 3.8) is 0 Å². The molecule has 0 aliphatic carbocycles. The van der Waals surface area contributed by atoms with E-state index in [-0.39, 0.29) is 0 Å². The molecule has 0 saturated carbocycles. The van der Waals surface area contributed by atoms with Crippen molar-refractivity contribution >= 4 is 23.2 Å². The van der Waals surface area contributed by atoms with Crippen LogP contribution >= 0.6 is 12.2 Å². The molecular formula is C7H5NOS. The largest absolute Gasteiger partial charge is 0.381 e. The molecule has 0 atom stereocenters. The van der Waals surface area contributed by atoms with E-state index >= 15 is 0 Å². The smallest absolute Gasteiger partial charge is 0.165 e. The van der Waals surface area contributed by atoms with Gasteiger partial charge in [-0.15, -0.1) is 0 Å². The van der Waals surface area contributed by atoms with E-state index in [4.69, 9.17) is 16.7 Å². The van der Waals surface area contributed by atoms with Gasteiger partial charge in [0, 0.05) is 0 Å². The predicted molar refractivity (Wildman–Crippen MR) is 41.4 cm³/mol. The topological polar surface area (TPSA) is 28.9 Å². The Morgan fingerprint density at radius 2 is 2.10 bits per heavy atom. The van der Waals surface area contributed by atoms with Crippen molar-refractivity contribution in [2.75, 3.05) is 0 Å². The van der Waals surface area contributed by atoms with Crippen LogP contribution in [0, 0.1) is 4.64 Å². The van der Waals surface area contributed by atoms with Gasteiger partial charge in [0.2, 0.25) is 0 Å². The highest BCUT2D eigenvalue weighted by molar-refractivity contribution is 7.71. The third-order valence-electron chi connectivity index (χ3n) is 1.39. The summed E-state index contributed by atoms with van der Waals surface area (Å²) >= 11 is 4.94. The maximum atomic E-state index is 5.02. The maximum absolute atomic E-state index is 5.02. The molecule has 0 unspecified atom stereocenters. The summed E-state index contributed by atoms with van der Waals surface area (Å²) < 4.78 is 5.68. The Balaban J connectivity index is 3.07. The van der Waals surface area contributed by atoms with Gasteiger partial charge in [0.25, 0.3) is 0 Å². The molecule has 1 aromatic heterocycles. The molecular weight excluding hydrogens is 146 g/mol. The summed E-state index contributed by atoms with van der Waals surface area (Å²) in [7, 11) is 0. The number of benzene rings is 1. The van der Waals surface area contributed by atoms with Crippen molar-refractivity contribution in [1.29, 1.82) is 0 Å². The van der Waals surface area contributed by atoms with Crippen LogP contribution in [0.2, 0.25) is 0 Å². The van der Waals surface area contributed by atoms with E-state index in [1.54, 1.807) is 0 Å². The van der Waals surface area contributed by atoms with Crippen LogP contribution < -0.4 is 0 Å². The van der Waals surface area contributed by atoms with Crippen molar-refractivity contribution in [2.24, 2.45) is 0 Å². The average molecular weight is 151 g/mol. The lowest BCUT2D eigenvalue weighted by atomic mass is 10.3. The fourth-order valence-corrected chi connectivity index (χ4v) is 1.11. The first-order valence-electron chi connectivity index (χ1n) is 2.94. The number of aromatic nitrogens is 1. The minimum atomic E-state index is 0.663. The number of fused-ring (bicyclic) bond motifs is 1. The molecule has 1 heterocycles. The lowest BCUT2D eigenvalue weighted by molar-refractivity contribution is 0.453. The summed E-state index contributed by atoms with van der Waals surface area (Å²) in [5.74, 6) is 0. The van der Waals surface area contributed by atoms with Gasteiger partial charge in [0.05, 0.1) is 5.39 Å². The molecule has 0 amide bonds. The number of aromatic amines is 1. The molecule has 0 radical (unpaired) electrons. The lowest BCUT2D eigenvalue weighted by Gasteiger charge is -1.79. The van der Waals surface area contributed by atoms with Crippen molar-refractivity contribution in [1.82, 2.24) is 5.16 Å². The third kappa shape index (κ3) is 0.675. The molecule has 2 rings (SSSR count). The molecule has 0 spiro atoms. The maximum Gasteiger partial charge on any atom is 0.165 e. The van der Waals surface area contributed by atoms with E-state index in [2.05, 4.69) is 5.16 Å². The highest BCUT2D eigenvalue weighted by Crippen LogP contribution is 2.12. The van der Waals surface area contributed by atoms with Gasteiger partial charge in [-0.25, -0.2) is 5.16 Å². The van der Waals surface area contributed by atoms with Crippen LogP contribution in [0.1, 0.15) is 0 Å². The van der Waals surface area contributed by atoms with Crippen molar-refractivity contribution in [2.45, 2.75) is 0 Å². The number of hydrogen-bond donors (Lipinski definition) is 1. The van der Waals surface area contributed by atoms with Crippen LogP contribution in [-0.2, 0) is 0 Å². The van der Waals surface area contributed by atoms with Crippen molar-refractivity contribution < 1.29 is 4.52 Å². The molecule has 0 saturated heterocycles. The predicted octanol–water partition coefficient (Wildman–Crippen LogP) is 2.49. The number of nitrogens with one attached hydrogen (secondary N) is 1. The van der Waals surface area contributed by atoms with E-state index in [0.29, 0.717) is 4.64 Å². The zero-order valence-corrected chi connectivity index (χ0v) is 5.94. The Morgan fingerprint density at radius 1 is 1.30 bits per heavy atom. The Hall–Kier alpha value is -1.09. The van der Waals surface area contributed by atoms with Gasteiger partial charge in [-0.2, -0.15) is 0 Å². The minimum Gasteiger partial charge on any atom is -0.381 e. The van der Waals surface area contributed by atoms with E-state index < -0.39 is 0 Å². The highest BCUT2D eigenvalue weighted by atomic mass is 32.1. The first-order chi connectivity index (χ1) is 4.88. The summed E-state index contributed by atoms with van der Waals surface area (Å²) in [6.07, 6.45) is 0. The first kappa shape index (κ1) is 5.68. The molecule has 1 N–H and O–H groups in total. The second-order valence-corrected chi connectivity index (χ2v) is 2.44. The van der Waals surface area contributed by atoms with Crippen molar-refractivity contribution in [3.05, 3.63) is 28.9 Å². The van der Waals surface area contributed by atoms with E-state index in [9.17, 15) is 0 Å². The second-order valence-electron chi connectivity index (χ2n) is 2.03. The Labute approximate surface area is 62.4 Å². The summed E-state index contributed by atoms with van der Waals surface area (Å²) in [5, 5.41) is 3.59. The van der Waals surface area contributed by atoms with Gasteiger partial charge >= 0.3 is 0 Å². The van der Waals surface area contributed by atoms with Gasteiger partial charge in [-0.1, -0.05) is 24.4 Å². The van der Waals surface area contributed by atoms with E-state index in [0.717, 1.165) is 11.0 Å². The quantitative estimate of drug-likeness (QED) is 0.586. The van der Waals surface area contributed by atoms with E-state index in [1.807, 2.05) is 24.3 Å².